The zero-order valence-corrected chi connectivity index (χ0v) is 24.4. The summed E-state index contributed by atoms with van der Waals surface area (Å²) >= 11 is 0. The van der Waals surface area contributed by atoms with Crippen molar-refractivity contribution in [2.75, 3.05) is 10.6 Å². The maximum Gasteiger partial charge on any atom is 0.340 e. The summed E-state index contributed by atoms with van der Waals surface area (Å²) in [6, 6.07) is 28.6. The van der Waals surface area contributed by atoms with Crippen molar-refractivity contribution in [1.29, 1.82) is 0 Å². The summed E-state index contributed by atoms with van der Waals surface area (Å²) in [5.74, 6) is 1.75. The van der Waals surface area contributed by atoms with Crippen molar-refractivity contribution in [2.45, 2.75) is 70.4 Å². The molecule has 0 amide bonds. The van der Waals surface area contributed by atoms with Gasteiger partial charge in [0.2, 0.25) is 0 Å². The van der Waals surface area contributed by atoms with Crippen LogP contribution in [-0.2, 0) is 10.3 Å². The molecular formula is C37H38N2O3. The third-order valence-corrected chi connectivity index (χ3v) is 9.29. The second kappa shape index (κ2) is 10.9. The van der Waals surface area contributed by atoms with Crippen molar-refractivity contribution in [3.8, 4) is 11.5 Å². The van der Waals surface area contributed by atoms with Crippen LogP contribution in [0.3, 0.4) is 0 Å². The van der Waals surface area contributed by atoms with Gasteiger partial charge in [0.15, 0.2) is 5.60 Å². The largest absolute Gasteiger partial charge is 0.456 e. The van der Waals surface area contributed by atoms with Gasteiger partial charge in [0.1, 0.15) is 11.5 Å². The molecule has 7 rings (SSSR count). The predicted molar refractivity (Wildman–Crippen MR) is 168 cm³/mol. The zero-order chi connectivity index (χ0) is 28.7. The Bertz CT molecular complexity index is 1630. The van der Waals surface area contributed by atoms with E-state index in [2.05, 4.69) is 42.7 Å². The van der Waals surface area contributed by atoms with Gasteiger partial charge in [0.05, 0.1) is 11.1 Å². The van der Waals surface area contributed by atoms with Crippen LogP contribution in [0.25, 0.3) is 0 Å². The summed E-state index contributed by atoms with van der Waals surface area (Å²) in [5, 5.41) is 7.57. The van der Waals surface area contributed by atoms with Gasteiger partial charge in [-0.25, -0.2) is 4.79 Å². The van der Waals surface area contributed by atoms with Crippen molar-refractivity contribution in [2.24, 2.45) is 5.92 Å². The summed E-state index contributed by atoms with van der Waals surface area (Å²) in [6.07, 6.45) is 8.63. The minimum atomic E-state index is -1.13. The highest BCUT2D eigenvalue weighted by Gasteiger charge is 2.55. The van der Waals surface area contributed by atoms with Crippen molar-refractivity contribution in [1.82, 2.24) is 0 Å². The van der Waals surface area contributed by atoms with E-state index >= 15 is 0 Å². The number of rotatable bonds is 7. The fourth-order valence-electron chi connectivity index (χ4n) is 7.28. The van der Waals surface area contributed by atoms with Gasteiger partial charge in [-0.2, -0.15) is 0 Å². The monoisotopic (exact) mass is 558 g/mol. The van der Waals surface area contributed by atoms with Crippen LogP contribution in [0.2, 0.25) is 0 Å². The Labute approximate surface area is 248 Å². The van der Waals surface area contributed by atoms with E-state index in [9.17, 15) is 4.79 Å². The van der Waals surface area contributed by atoms with Crippen molar-refractivity contribution in [3.05, 3.63) is 113 Å². The third-order valence-electron chi connectivity index (χ3n) is 9.29. The molecule has 2 atom stereocenters. The average Bonchev–Trinajstić information content (AvgIpc) is 3.31. The molecule has 2 unspecified atom stereocenters. The molecule has 3 aliphatic rings. The summed E-state index contributed by atoms with van der Waals surface area (Å²) in [4.78, 5) is 13.6. The van der Waals surface area contributed by atoms with Gasteiger partial charge in [-0.05, 0) is 80.1 Å². The highest BCUT2D eigenvalue weighted by Crippen LogP contribution is 2.59. The molecule has 1 spiro atoms. The smallest absolute Gasteiger partial charge is 0.340 e. The number of hydrogen-bond donors (Lipinski definition) is 2. The van der Waals surface area contributed by atoms with Gasteiger partial charge >= 0.3 is 5.97 Å². The first-order chi connectivity index (χ1) is 20.6. The Kier molecular flexibility index (Phi) is 6.89. The molecule has 5 nitrogen and oxygen atoms in total. The first kappa shape index (κ1) is 26.6. The van der Waals surface area contributed by atoms with Gasteiger partial charge in [0.25, 0.3) is 0 Å². The quantitative estimate of drug-likeness (QED) is 0.221. The van der Waals surface area contributed by atoms with Gasteiger partial charge in [-0.15, -0.1) is 0 Å². The number of aryl methyl sites for hydroxylation is 1. The van der Waals surface area contributed by atoms with Gasteiger partial charge in [0, 0.05) is 34.2 Å². The van der Waals surface area contributed by atoms with Crippen LogP contribution in [0.5, 0.6) is 11.5 Å². The van der Waals surface area contributed by atoms with Crippen LogP contribution < -0.4 is 15.4 Å². The van der Waals surface area contributed by atoms with E-state index in [1.54, 1.807) is 0 Å². The van der Waals surface area contributed by atoms with Crippen molar-refractivity contribution >= 4 is 23.0 Å². The van der Waals surface area contributed by atoms with Crippen molar-refractivity contribution in [3.63, 3.8) is 0 Å². The molecule has 2 heterocycles. The van der Waals surface area contributed by atoms with Gasteiger partial charge in [-0.1, -0.05) is 75.1 Å². The number of ether oxygens (including phenoxy) is 2. The Morgan fingerprint density at radius 3 is 2.45 bits per heavy atom. The molecule has 1 aliphatic carbocycles. The molecule has 1 saturated carbocycles. The van der Waals surface area contributed by atoms with Crippen LogP contribution in [0, 0.1) is 12.8 Å². The first-order valence-corrected chi connectivity index (χ1v) is 15.5. The summed E-state index contributed by atoms with van der Waals surface area (Å²) in [6.45, 7) is 4.33. The number of nitrogens with one attached hydrogen (secondary N) is 2. The normalized spacial score (nSPS) is 19.7. The third kappa shape index (κ3) is 4.43. The first-order valence-electron chi connectivity index (χ1n) is 15.5. The summed E-state index contributed by atoms with van der Waals surface area (Å²) < 4.78 is 13.3. The number of carbonyl (C=O) groups is 1. The molecule has 42 heavy (non-hydrogen) atoms. The minimum Gasteiger partial charge on any atom is -0.456 e. The molecule has 4 aromatic rings. The zero-order valence-electron chi connectivity index (χ0n) is 24.4. The van der Waals surface area contributed by atoms with E-state index in [-0.39, 0.29) is 5.97 Å². The molecule has 0 bridgehead atoms. The highest BCUT2D eigenvalue weighted by atomic mass is 16.6. The van der Waals surface area contributed by atoms with Crippen LogP contribution in [-0.4, -0.2) is 12.0 Å². The van der Waals surface area contributed by atoms with E-state index in [4.69, 9.17) is 9.47 Å². The molecular weight excluding hydrogens is 520 g/mol. The summed E-state index contributed by atoms with van der Waals surface area (Å²) in [7, 11) is 0. The SMILES string of the molecule is CCCC(Nc1cccc2c1C1(OC(=O)c3ccccc31)c1cc(Nc3ccccc3)c(C)cc1O2)C1CCCCC1. The molecule has 5 heteroatoms. The molecule has 214 valence electrons. The van der Waals surface area contributed by atoms with Crippen molar-refractivity contribution < 1.29 is 14.3 Å². The second-order valence-electron chi connectivity index (χ2n) is 12.0. The molecule has 0 radical (unpaired) electrons. The van der Waals surface area contributed by atoms with Crippen LogP contribution >= 0.6 is 0 Å². The predicted octanol–water partition coefficient (Wildman–Crippen LogP) is 9.47. The lowest BCUT2D eigenvalue weighted by Crippen LogP contribution is -2.36. The van der Waals surface area contributed by atoms with Gasteiger partial charge < -0.3 is 20.1 Å². The fourth-order valence-corrected chi connectivity index (χ4v) is 7.28. The lowest BCUT2D eigenvalue weighted by molar-refractivity contribution is 0.0226. The Morgan fingerprint density at radius 2 is 1.64 bits per heavy atom. The second-order valence-corrected chi connectivity index (χ2v) is 12.0. The topological polar surface area (TPSA) is 59.6 Å². The molecule has 1 fully saturated rings. The van der Waals surface area contributed by atoms with E-state index in [0.717, 1.165) is 57.9 Å². The lowest BCUT2D eigenvalue weighted by atomic mass is 9.76. The fraction of sp³-hybridized carbons (Fsp3) is 0.324. The number of esters is 1. The number of para-hydroxylation sites is 1. The van der Waals surface area contributed by atoms with Crippen LogP contribution in [0.15, 0.2) is 84.9 Å². The number of hydrogen-bond acceptors (Lipinski definition) is 5. The maximum absolute atomic E-state index is 13.6. The molecule has 2 N–H and O–H groups in total. The number of carbonyl (C=O) groups excluding carboxylic acids is 1. The Balaban J connectivity index is 1.41. The number of fused-ring (bicyclic) bond motifs is 6. The standard InChI is InChI=1S/C37H38N2O3/c1-3-13-30(25-14-6-4-7-15-25)39-31-20-12-21-33-35(31)37(28-19-11-10-18-27(28)36(40)42-37)29-23-32(24(2)22-34(29)41-33)38-26-16-8-5-9-17-26/h5,8-12,16-23,25,30,38-39H,3-4,6-7,13-15H2,1-2H3. The van der Waals surface area contributed by atoms with E-state index < -0.39 is 5.60 Å². The minimum absolute atomic E-state index is 0.310. The molecule has 0 saturated heterocycles. The summed E-state index contributed by atoms with van der Waals surface area (Å²) in [5.41, 5.74) is 5.99. The molecule has 2 aliphatic heterocycles. The number of anilines is 3. The van der Waals surface area contributed by atoms with E-state index in [1.165, 1.54) is 32.1 Å². The highest BCUT2D eigenvalue weighted by molar-refractivity contribution is 5.97. The number of benzene rings is 4. The Morgan fingerprint density at radius 1 is 0.857 bits per heavy atom. The van der Waals surface area contributed by atoms with Gasteiger partial charge in [-0.3, -0.25) is 0 Å². The van der Waals surface area contributed by atoms with E-state index in [1.807, 2.05) is 66.7 Å². The maximum atomic E-state index is 13.6. The van der Waals surface area contributed by atoms with E-state index in [0.29, 0.717) is 23.3 Å². The lowest BCUT2D eigenvalue weighted by Gasteiger charge is -2.40. The molecule has 4 aromatic carbocycles. The van der Waals surface area contributed by atoms with Crippen LogP contribution in [0.1, 0.15) is 84.5 Å². The Hall–Kier alpha value is -4.25. The average molecular weight is 559 g/mol. The molecule has 0 aromatic heterocycles. The van der Waals surface area contributed by atoms with Crippen LogP contribution in [0.4, 0.5) is 17.1 Å².